The van der Waals surface area contributed by atoms with Crippen LogP contribution in [-0.4, -0.2) is 24.3 Å². The number of ether oxygens (including phenoxy) is 1. The van der Waals surface area contributed by atoms with Crippen LogP contribution in [0.1, 0.15) is 11.1 Å². The van der Waals surface area contributed by atoms with Crippen molar-refractivity contribution in [3.05, 3.63) is 56.5 Å². The standard InChI is InChI=1S/C16H14Br2N2O3/c1-23-14-7-11(6-13(18)16(14)22)9-19-20-15(21)8-10-2-4-12(17)5-3-10/h2-7,9,22H,8H2,1H3,(H,20,21)/b19-9-. The Morgan fingerprint density at radius 2 is 2.00 bits per heavy atom. The molecule has 0 unspecified atom stereocenters. The monoisotopic (exact) mass is 440 g/mol. The van der Waals surface area contributed by atoms with Crippen LogP contribution in [0.4, 0.5) is 0 Å². The molecule has 23 heavy (non-hydrogen) atoms. The molecule has 5 nitrogen and oxygen atoms in total. The number of phenolic OH excluding ortho intramolecular Hbond substituents is 1. The molecule has 2 N–H and O–H groups in total. The summed E-state index contributed by atoms with van der Waals surface area (Å²) in [5.41, 5.74) is 4.04. The zero-order valence-electron chi connectivity index (χ0n) is 12.2. The molecular weight excluding hydrogens is 428 g/mol. The van der Waals surface area contributed by atoms with E-state index >= 15 is 0 Å². The number of hydrogen-bond acceptors (Lipinski definition) is 4. The third kappa shape index (κ3) is 5.07. The first-order valence-electron chi connectivity index (χ1n) is 6.62. The van der Waals surface area contributed by atoms with Gasteiger partial charge in [-0.25, -0.2) is 5.43 Å². The van der Waals surface area contributed by atoms with Gasteiger partial charge in [0.15, 0.2) is 11.5 Å². The summed E-state index contributed by atoms with van der Waals surface area (Å²) in [6.45, 7) is 0. The summed E-state index contributed by atoms with van der Waals surface area (Å²) < 4.78 is 6.50. The van der Waals surface area contributed by atoms with E-state index in [1.54, 1.807) is 12.1 Å². The molecule has 0 radical (unpaired) electrons. The fraction of sp³-hybridized carbons (Fsp3) is 0.125. The highest BCUT2D eigenvalue weighted by Gasteiger charge is 2.07. The first-order chi connectivity index (χ1) is 11.0. The second-order valence-electron chi connectivity index (χ2n) is 4.65. The average Bonchev–Trinajstić information content (AvgIpc) is 2.53. The van der Waals surface area contributed by atoms with Gasteiger partial charge in [0, 0.05) is 4.47 Å². The Labute approximate surface area is 150 Å². The predicted octanol–water partition coefficient (Wildman–Crippen LogP) is 3.62. The summed E-state index contributed by atoms with van der Waals surface area (Å²) in [6, 6.07) is 10.8. The molecule has 0 heterocycles. The van der Waals surface area contributed by atoms with Gasteiger partial charge >= 0.3 is 0 Å². The lowest BCUT2D eigenvalue weighted by Crippen LogP contribution is -2.19. The Hall–Kier alpha value is -1.86. The number of hydrogen-bond donors (Lipinski definition) is 2. The Balaban J connectivity index is 1.97. The van der Waals surface area contributed by atoms with E-state index in [4.69, 9.17) is 4.74 Å². The van der Waals surface area contributed by atoms with Crippen LogP contribution in [0.3, 0.4) is 0 Å². The van der Waals surface area contributed by atoms with Crippen molar-refractivity contribution in [1.29, 1.82) is 0 Å². The van der Waals surface area contributed by atoms with Crippen LogP contribution in [0.15, 0.2) is 50.4 Å². The molecule has 0 fully saturated rings. The van der Waals surface area contributed by atoms with Crippen molar-refractivity contribution in [2.45, 2.75) is 6.42 Å². The third-order valence-corrected chi connectivity index (χ3v) is 4.08. The highest BCUT2D eigenvalue weighted by Crippen LogP contribution is 2.34. The number of nitrogens with one attached hydrogen (secondary N) is 1. The lowest BCUT2D eigenvalue weighted by atomic mass is 10.1. The van der Waals surface area contributed by atoms with Crippen molar-refractivity contribution in [3.63, 3.8) is 0 Å². The van der Waals surface area contributed by atoms with Crippen LogP contribution in [0, 0.1) is 0 Å². The molecule has 0 atom stereocenters. The van der Waals surface area contributed by atoms with E-state index in [2.05, 4.69) is 42.4 Å². The first-order valence-corrected chi connectivity index (χ1v) is 8.21. The Kier molecular flexibility index (Phi) is 6.18. The number of rotatable bonds is 5. The highest BCUT2D eigenvalue weighted by molar-refractivity contribution is 9.10. The highest BCUT2D eigenvalue weighted by atomic mass is 79.9. The van der Waals surface area contributed by atoms with Crippen LogP contribution < -0.4 is 10.2 Å². The predicted molar refractivity (Wildman–Crippen MR) is 95.9 cm³/mol. The van der Waals surface area contributed by atoms with Gasteiger partial charge in [0.05, 0.1) is 24.2 Å². The van der Waals surface area contributed by atoms with E-state index < -0.39 is 0 Å². The largest absolute Gasteiger partial charge is 0.503 e. The Morgan fingerprint density at radius 1 is 1.30 bits per heavy atom. The number of aromatic hydroxyl groups is 1. The maximum atomic E-state index is 11.8. The topological polar surface area (TPSA) is 70.9 Å². The number of benzene rings is 2. The number of phenols is 1. The van der Waals surface area contributed by atoms with Gasteiger partial charge in [0.2, 0.25) is 5.91 Å². The summed E-state index contributed by atoms with van der Waals surface area (Å²) in [4.78, 5) is 11.8. The van der Waals surface area contributed by atoms with E-state index in [1.807, 2.05) is 24.3 Å². The molecule has 2 aromatic carbocycles. The molecule has 1 amide bonds. The summed E-state index contributed by atoms with van der Waals surface area (Å²) in [7, 11) is 1.46. The van der Waals surface area contributed by atoms with Crippen molar-refractivity contribution in [2.75, 3.05) is 7.11 Å². The van der Waals surface area contributed by atoms with Gasteiger partial charge in [0.1, 0.15) is 0 Å². The van der Waals surface area contributed by atoms with Gasteiger partial charge in [0.25, 0.3) is 0 Å². The molecule has 2 rings (SSSR count). The Morgan fingerprint density at radius 3 is 2.65 bits per heavy atom. The number of carbonyl (C=O) groups excluding carboxylic acids is 1. The van der Waals surface area contributed by atoms with Gasteiger partial charge in [-0.2, -0.15) is 5.10 Å². The second kappa shape index (κ2) is 8.12. The molecule has 0 aromatic heterocycles. The Bertz CT molecular complexity index is 731. The van der Waals surface area contributed by atoms with Crippen molar-refractivity contribution >= 4 is 44.0 Å². The number of nitrogens with zero attached hydrogens (tertiary/aromatic N) is 1. The zero-order chi connectivity index (χ0) is 16.8. The van der Waals surface area contributed by atoms with E-state index in [1.165, 1.54) is 13.3 Å². The molecular formula is C16H14Br2N2O3. The SMILES string of the molecule is COc1cc(/C=N\NC(=O)Cc2ccc(Br)cc2)cc(Br)c1O. The fourth-order valence-electron chi connectivity index (χ4n) is 1.83. The molecule has 0 aliphatic rings. The zero-order valence-corrected chi connectivity index (χ0v) is 15.4. The minimum atomic E-state index is -0.214. The summed E-state index contributed by atoms with van der Waals surface area (Å²) in [5.74, 6) is 0.124. The van der Waals surface area contributed by atoms with Gasteiger partial charge < -0.3 is 9.84 Å². The van der Waals surface area contributed by atoms with Crippen molar-refractivity contribution in [1.82, 2.24) is 5.43 Å². The molecule has 120 valence electrons. The van der Waals surface area contributed by atoms with E-state index in [0.717, 1.165) is 10.0 Å². The normalized spacial score (nSPS) is 10.7. The van der Waals surface area contributed by atoms with Crippen LogP contribution in [0.25, 0.3) is 0 Å². The summed E-state index contributed by atoms with van der Waals surface area (Å²) in [6.07, 6.45) is 1.72. The first kappa shape index (κ1) is 17.5. The number of amides is 1. The maximum absolute atomic E-state index is 11.8. The van der Waals surface area contributed by atoms with Crippen LogP contribution in [-0.2, 0) is 11.2 Å². The van der Waals surface area contributed by atoms with E-state index in [-0.39, 0.29) is 18.1 Å². The summed E-state index contributed by atoms with van der Waals surface area (Å²) >= 11 is 6.57. The van der Waals surface area contributed by atoms with Crippen molar-refractivity contribution in [3.8, 4) is 11.5 Å². The van der Waals surface area contributed by atoms with Gasteiger partial charge in [-0.3, -0.25) is 4.79 Å². The van der Waals surface area contributed by atoms with Crippen molar-refractivity contribution < 1.29 is 14.6 Å². The maximum Gasteiger partial charge on any atom is 0.244 e. The quantitative estimate of drug-likeness (QED) is 0.549. The number of methoxy groups -OCH3 is 1. The van der Waals surface area contributed by atoms with Gasteiger partial charge in [-0.1, -0.05) is 28.1 Å². The second-order valence-corrected chi connectivity index (χ2v) is 6.42. The molecule has 0 saturated carbocycles. The lowest BCUT2D eigenvalue weighted by molar-refractivity contribution is -0.120. The van der Waals surface area contributed by atoms with E-state index in [9.17, 15) is 9.90 Å². The molecule has 0 aliphatic heterocycles. The molecule has 0 aliphatic carbocycles. The smallest absolute Gasteiger partial charge is 0.244 e. The third-order valence-electron chi connectivity index (χ3n) is 2.95. The molecule has 2 aromatic rings. The lowest BCUT2D eigenvalue weighted by Gasteiger charge is -2.06. The van der Waals surface area contributed by atoms with Crippen molar-refractivity contribution in [2.24, 2.45) is 5.10 Å². The molecule has 7 heteroatoms. The molecule has 0 spiro atoms. The van der Waals surface area contributed by atoms with Crippen LogP contribution >= 0.6 is 31.9 Å². The minimum Gasteiger partial charge on any atom is -0.503 e. The van der Waals surface area contributed by atoms with Crippen LogP contribution in [0.5, 0.6) is 11.5 Å². The fourth-order valence-corrected chi connectivity index (χ4v) is 2.55. The minimum absolute atomic E-state index is 0.0175. The van der Waals surface area contributed by atoms with Gasteiger partial charge in [-0.15, -0.1) is 0 Å². The average molecular weight is 442 g/mol. The van der Waals surface area contributed by atoms with Crippen LogP contribution in [0.2, 0.25) is 0 Å². The molecule has 0 saturated heterocycles. The molecule has 0 bridgehead atoms. The number of halogens is 2. The van der Waals surface area contributed by atoms with E-state index in [0.29, 0.717) is 15.8 Å². The summed E-state index contributed by atoms with van der Waals surface area (Å²) in [5, 5.41) is 13.6. The number of hydrazone groups is 1. The van der Waals surface area contributed by atoms with Gasteiger partial charge in [-0.05, 0) is 51.3 Å². The number of carbonyl (C=O) groups is 1.